The first-order valence-corrected chi connectivity index (χ1v) is 14.5. The van der Waals surface area contributed by atoms with Crippen molar-refractivity contribution >= 4 is 29.0 Å². The molecular formula is C31HF20IO5. The summed E-state index contributed by atoms with van der Waals surface area (Å²) in [5, 5.41) is 0. The first-order valence-electron chi connectivity index (χ1n) is 13.6. The quantitative estimate of drug-likeness (QED) is 0.0671. The molecule has 0 aliphatic carbocycles. The minimum Gasteiger partial charge on any atom is -0.447 e. The predicted octanol–water partition coefficient (Wildman–Crippen LogP) is 12.0. The maximum absolute atomic E-state index is 15.4. The molecule has 0 saturated carbocycles. The Morgan fingerprint density at radius 3 is 0.912 bits per heavy atom. The van der Waals surface area contributed by atoms with Gasteiger partial charge in [0, 0.05) is 11.6 Å². The zero-order valence-corrected chi connectivity index (χ0v) is 27.7. The van der Waals surface area contributed by atoms with Crippen molar-refractivity contribution in [3.63, 3.8) is 0 Å². The normalized spacial score (nSPS) is 11.3. The summed E-state index contributed by atoms with van der Waals surface area (Å²) in [5.41, 5.74) is -7.01. The molecule has 0 aromatic heterocycles. The molecule has 0 fully saturated rings. The van der Waals surface area contributed by atoms with E-state index >= 15 is 8.78 Å². The molecule has 5 aromatic carbocycles. The van der Waals surface area contributed by atoms with E-state index in [1.54, 1.807) is 0 Å². The van der Waals surface area contributed by atoms with Crippen LogP contribution in [0.5, 0.6) is 34.5 Å². The molecule has 57 heavy (non-hydrogen) atoms. The number of hydrogen-bond acceptors (Lipinski definition) is 5. The maximum atomic E-state index is 15.4. The van der Waals surface area contributed by atoms with Gasteiger partial charge < -0.3 is 17.3 Å². The Kier molecular flexibility index (Phi) is 11.4. The van der Waals surface area contributed by atoms with Crippen molar-refractivity contribution < 1.29 is 110 Å². The second-order valence-corrected chi connectivity index (χ2v) is 10.7. The molecule has 0 saturated heterocycles. The van der Waals surface area contributed by atoms with Crippen LogP contribution in [0.4, 0.5) is 87.8 Å². The van der Waals surface area contributed by atoms with E-state index in [4.69, 9.17) is 0 Å². The van der Waals surface area contributed by atoms with Gasteiger partial charge in [0.05, 0.1) is 11.1 Å². The smallest absolute Gasteiger partial charge is 0.348 e. The van der Waals surface area contributed by atoms with Gasteiger partial charge in [-0.2, -0.15) is 26.3 Å². The molecule has 0 aliphatic heterocycles. The molecule has 0 N–H and O–H groups in total. The number of carbonyl (C=O) groups excluding carboxylic acids is 1. The third kappa shape index (κ3) is 6.70. The van der Waals surface area contributed by atoms with Gasteiger partial charge in [0.15, 0.2) is 57.8 Å². The Labute approximate surface area is 312 Å². The highest BCUT2D eigenvalue weighted by molar-refractivity contribution is 14.1. The van der Waals surface area contributed by atoms with Crippen LogP contribution in [-0.4, -0.2) is 5.97 Å². The van der Waals surface area contributed by atoms with Crippen LogP contribution in [-0.2, 0) is 3.07 Å². The van der Waals surface area contributed by atoms with Gasteiger partial charge in [-0.3, -0.25) is 0 Å². The molecule has 0 heterocycles. The van der Waals surface area contributed by atoms with E-state index in [-0.39, 0.29) is 0 Å². The first-order chi connectivity index (χ1) is 26.5. The summed E-state index contributed by atoms with van der Waals surface area (Å²) in [6.07, 6.45) is 0. The molecule has 26 heteroatoms. The monoisotopic (exact) mass is 960 g/mol. The summed E-state index contributed by atoms with van der Waals surface area (Å²) in [4.78, 5) is 13.0. The Bertz CT molecular complexity index is 2470. The lowest BCUT2D eigenvalue weighted by molar-refractivity contribution is 0.0800. The van der Waals surface area contributed by atoms with Gasteiger partial charge in [-0.15, -0.1) is 0 Å². The van der Waals surface area contributed by atoms with E-state index in [0.29, 0.717) is 23.0 Å². The highest BCUT2D eigenvalue weighted by Crippen LogP contribution is 2.55. The summed E-state index contributed by atoms with van der Waals surface area (Å²) in [6, 6.07) is -0.445. The zero-order valence-electron chi connectivity index (χ0n) is 25.6. The van der Waals surface area contributed by atoms with Gasteiger partial charge in [0.25, 0.3) is 0 Å². The average Bonchev–Trinajstić information content (AvgIpc) is 3.19. The maximum Gasteiger partial charge on any atom is 0.348 e. The third-order valence-corrected chi connectivity index (χ3v) is 7.48. The van der Waals surface area contributed by atoms with Crippen LogP contribution >= 0.6 is 23.0 Å². The van der Waals surface area contributed by atoms with Gasteiger partial charge in [0.1, 0.15) is 0 Å². The summed E-state index contributed by atoms with van der Waals surface area (Å²) in [6.45, 7) is 0. The van der Waals surface area contributed by atoms with Gasteiger partial charge >= 0.3 is 5.97 Å². The van der Waals surface area contributed by atoms with E-state index in [0.717, 1.165) is 0 Å². The molecule has 0 amide bonds. The molecule has 0 aliphatic rings. The number of halogens is 21. The van der Waals surface area contributed by atoms with Crippen molar-refractivity contribution in [1.29, 1.82) is 0 Å². The molecule has 0 unspecified atom stereocenters. The minimum atomic E-state index is -3.11. The fourth-order valence-corrected chi connectivity index (χ4v) is 4.74. The standard InChI is InChI=1S/C31HF20IO5/c32-6-5(7(33)9(35)10(36)8(6)34)4-2(31(53)57-52)1-3(54-28-20(46)14(40)11(37)15(41)21(28)47)26(55-29-22(48)16(42)12(38)17(43)23(29)49)27(4)56-30-24(50)18(44)13(39)19(45)25(30)51/h1H. The number of carbonyl (C=O) groups is 1. The summed E-state index contributed by atoms with van der Waals surface area (Å²) >= 11 is 0.554. The van der Waals surface area contributed by atoms with E-state index in [1.165, 1.54) is 0 Å². The molecule has 0 radical (unpaired) electrons. The molecule has 5 aromatic rings. The van der Waals surface area contributed by atoms with Crippen molar-refractivity contribution in [2.24, 2.45) is 0 Å². The fraction of sp³-hybridized carbons (Fsp3) is 0. The van der Waals surface area contributed by atoms with Crippen molar-refractivity contribution in [3.8, 4) is 45.6 Å². The lowest BCUT2D eigenvalue weighted by Gasteiger charge is -2.23. The van der Waals surface area contributed by atoms with Crippen LogP contribution in [0, 0.1) is 116 Å². The largest absolute Gasteiger partial charge is 0.447 e. The van der Waals surface area contributed by atoms with E-state index in [1.807, 2.05) is 0 Å². The fourth-order valence-electron chi connectivity index (χ4n) is 4.50. The molecule has 5 rings (SSSR count). The van der Waals surface area contributed by atoms with Gasteiger partial charge in [-0.05, 0) is 0 Å². The van der Waals surface area contributed by atoms with Crippen molar-refractivity contribution in [2.75, 3.05) is 0 Å². The van der Waals surface area contributed by atoms with E-state index < -0.39 is 180 Å². The number of rotatable bonds is 8. The highest BCUT2D eigenvalue weighted by atomic mass is 127. The van der Waals surface area contributed by atoms with Crippen molar-refractivity contribution in [1.82, 2.24) is 0 Å². The van der Waals surface area contributed by atoms with Crippen LogP contribution in [0.1, 0.15) is 10.4 Å². The minimum absolute atomic E-state index is 0.445. The topological polar surface area (TPSA) is 54.0 Å². The van der Waals surface area contributed by atoms with Gasteiger partial charge in [-0.1, -0.05) is 0 Å². The summed E-state index contributed by atoms with van der Waals surface area (Å²) < 4.78 is 308. The van der Waals surface area contributed by atoms with E-state index in [9.17, 15) is 83.8 Å². The Morgan fingerprint density at radius 1 is 0.333 bits per heavy atom. The SMILES string of the molecule is O=C(OI)c1cc(Oc2c(F)c(F)c(F)c(F)c2F)c(Oc2c(F)c(F)c(F)c(F)c2F)c(Oc2c(F)c(F)c(F)c(F)c2F)c1-c1c(F)c(F)c(F)c(F)c1F. The van der Waals surface area contributed by atoms with Crippen molar-refractivity contribution in [2.45, 2.75) is 0 Å². The molecule has 0 bridgehead atoms. The van der Waals surface area contributed by atoms with Crippen molar-refractivity contribution in [3.05, 3.63) is 128 Å². The molecule has 302 valence electrons. The molecule has 0 atom stereocenters. The molecular weight excluding hydrogens is 959 g/mol. The third-order valence-electron chi connectivity index (χ3n) is 7.08. The van der Waals surface area contributed by atoms with E-state index in [2.05, 4.69) is 17.3 Å². The van der Waals surface area contributed by atoms with Gasteiger partial charge in [-0.25, -0.2) is 66.3 Å². The Morgan fingerprint density at radius 2 is 0.596 bits per heavy atom. The lowest BCUT2D eigenvalue weighted by atomic mass is 9.95. The van der Waals surface area contributed by atoms with Gasteiger partial charge in [0.2, 0.25) is 116 Å². The second-order valence-electron chi connectivity index (χ2n) is 10.3. The first kappa shape index (κ1) is 42.4. The Balaban J connectivity index is 2.11. The predicted molar refractivity (Wildman–Crippen MR) is 150 cm³/mol. The molecule has 0 spiro atoms. The summed E-state index contributed by atoms with van der Waals surface area (Å²) in [7, 11) is 0. The highest BCUT2D eigenvalue weighted by Gasteiger charge is 2.40. The zero-order chi connectivity index (χ0) is 42.9. The number of ether oxygens (including phenoxy) is 3. The second kappa shape index (κ2) is 15.3. The molecule has 5 nitrogen and oxygen atoms in total. The van der Waals surface area contributed by atoms with Crippen LogP contribution in [0.2, 0.25) is 0 Å². The average molecular weight is 960 g/mol. The lowest BCUT2D eigenvalue weighted by Crippen LogP contribution is -2.13. The van der Waals surface area contributed by atoms with Crippen LogP contribution in [0.15, 0.2) is 6.07 Å². The van der Waals surface area contributed by atoms with Crippen LogP contribution in [0.25, 0.3) is 11.1 Å². The summed E-state index contributed by atoms with van der Waals surface area (Å²) in [5.74, 6) is -79.0. The number of benzene rings is 5. The van der Waals surface area contributed by atoms with Crippen LogP contribution in [0.3, 0.4) is 0 Å². The van der Waals surface area contributed by atoms with Crippen LogP contribution < -0.4 is 14.2 Å². The Hall–Kier alpha value is -5.70. The number of hydrogen-bond donors (Lipinski definition) is 0.